The Morgan fingerprint density at radius 2 is 1.88 bits per heavy atom. The van der Waals surface area contributed by atoms with Gasteiger partial charge >= 0.3 is 5.97 Å². The molecule has 0 fully saturated rings. The van der Waals surface area contributed by atoms with Gasteiger partial charge in [-0.2, -0.15) is 0 Å². The Hall–Kier alpha value is -2.62. The third-order valence-corrected chi connectivity index (χ3v) is 4.08. The fourth-order valence-electron chi connectivity index (χ4n) is 2.28. The number of ether oxygens (including phenoxy) is 1. The number of aliphatic imine (C=N–C) groups is 1. The molecule has 0 unspecified atom stereocenters. The van der Waals surface area contributed by atoms with Crippen molar-refractivity contribution in [3.63, 3.8) is 0 Å². The van der Waals surface area contributed by atoms with Gasteiger partial charge < -0.3 is 9.64 Å². The van der Waals surface area contributed by atoms with E-state index < -0.39 is 0 Å². The summed E-state index contributed by atoms with van der Waals surface area (Å²) in [5.41, 5.74) is 4.65. The van der Waals surface area contributed by atoms with Crippen LogP contribution in [0.1, 0.15) is 40.9 Å². The van der Waals surface area contributed by atoms with Crippen molar-refractivity contribution in [2.75, 3.05) is 13.6 Å². The number of aryl methyl sites for hydroxylation is 2. The van der Waals surface area contributed by atoms with E-state index in [-0.39, 0.29) is 12.6 Å². The topological polar surface area (TPSA) is 41.9 Å². The van der Waals surface area contributed by atoms with Crippen molar-refractivity contribution < 1.29 is 9.53 Å². The summed E-state index contributed by atoms with van der Waals surface area (Å²) in [4.78, 5) is 18.8. The minimum Gasteiger partial charge on any atom is -0.457 e. The number of carbonyl (C=O) groups is 1. The molecule has 2 rings (SSSR count). The molecule has 0 atom stereocenters. The molecule has 0 aliphatic heterocycles. The third-order valence-electron chi connectivity index (χ3n) is 4.08. The molecule has 0 heterocycles. The van der Waals surface area contributed by atoms with E-state index in [4.69, 9.17) is 4.74 Å². The standard InChI is InChI=1S/C21H26N2O2/c1-5-18-13-19(11-12-20(18)22-15-23(4)6-2)21(24)25-14-17-9-7-16(3)8-10-17/h7-13,15H,5-6,14H2,1-4H3. The highest BCUT2D eigenvalue weighted by atomic mass is 16.5. The molecule has 25 heavy (non-hydrogen) atoms. The van der Waals surface area contributed by atoms with Gasteiger partial charge in [-0.05, 0) is 49.6 Å². The van der Waals surface area contributed by atoms with Crippen LogP contribution >= 0.6 is 0 Å². The summed E-state index contributed by atoms with van der Waals surface area (Å²) in [6.07, 6.45) is 2.62. The second kappa shape index (κ2) is 9.02. The van der Waals surface area contributed by atoms with Crippen LogP contribution in [0.25, 0.3) is 0 Å². The molecule has 0 saturated carbocycles. The molecule has 2 aromatic rings. The lowest BCUT2D eigenvalue weighted by molar-refractivity contribution is 0.0472. The lowest BCUT2D eigenvalue weighted by Crippen LogP contribution is -2.14. The van der Waals surface area contributed by atoms with E-state index in [1.54, 1.807) is 6.07 Å². The predicted octanol–water partition coefficient (Wildman–Crippen LogP) is 4.53. The molecule has 0 amide bonds. The van der Waals surface area contributed by atoms with Crippen LogP contribution in [-0.4, -0.2) is 30.8 Å². The molecule has 0 aliphatic carbocycles. The fraction of sp³-hybridized carbons (Fsp3) is 0.333. The molecule has 0 aromatic heterocycles. The average Bonchev–Trinajstić information content (AvgIpc) is 2.65. The number of carbonyl (C=O) groups excluding carboxylic acids is 1. The van der Waals surface area contributed by atoms with Crippen LogP contribution in [0, 0.1) is 6.92 Å². The summed E-state index contributed by atoms with van der Waals surface area (Å²) < 4.78 is 5.42. The zero-order valence-electron chi connectivity index (χ0n) is 15.5. The summed E-state index contributed by atoms with van der Waals surface area (Å²) in [5, 5.41) is 0. The number of hydrogen-bond donors (Lipinski definition) is 0. The second-order valence-electron chi connectivity index (χ2n) is 6.08. The van der Waals surface area contributed by atoms with Gasteiger partial charge in [0.1, 0.15) is 6.61 Å². The van der Waals surface area contributed by atoms with Crippen molar-refractivity contribution in [3.05, 3.63) is 64.7 Å². The Bertz CT molecular complexity index is 736. The molecule has 132 valence electrons. The van der Waals surface area contributed by atoms with E-state index in [9.17, 15) is 4.79 Å². The maximum Gasteiger partial charge on any atom is 0.338 e. The van der Waals surface area contributed by atoms with Crippen LogP contribution in [0.15, 0.2) is 47.5 Å². The minimum atomic E-state index is -0.309. The van der Waals surface area contributed by atoms with E-state index in [2.05, 4.69) is 18.8 Å². The van der Waals surface area contributed by atoms with Gasteiger partial charge in [0.25, 0.3) is 0 Å². The predicted molar refractivity (Wildman–Crippen MR) is 103 cm³/mol. The van der Waals surface area contributed by atoms with Gasteiger partial charge in [-0.15, -0.1) is 0 Å². The molecule has 0 bridgehead atoms. The van der Waals surface area contributed by atoms with Crippen molar-refractivity contribution >= 4 is 18.0 Å². The zero-order valence-corrected chi connectivity index (χ0v) is 15.5. The molecular weight excluding hydrogens is 312 g/mol. The molecule has 0 spiro atoms. The molecule has 4 nitrogen and oxygen atoms in total. The number of hydrogen-bond acceptors (Lipinski definition) is 3. The van der Waals surface area contributed by atoms with Gasteiger partial charge in [0.05, 0.1) is 17.6 Å². The highest BCUT2D eigenvalue weighted by Crippen LogP contribution is 2.22. The first-order valence-electron chi connectivity index (χ1n) is 8.63. The maximum absolute atomic E-state index is 12.3. The second-order valence-corrected chi connectivity index (χ2v) is 6.08. The van der Waals surface area contributed by atoms with Gasteiger partial charge in [-0.25, -0.2) is 9.79 Å². The zero-order chi connectivity index (χ0) is 18.2. The largest absolute Gasteiger partial charge is 0.457 e. The van der Waals surface area contributed by atoms with Gasteiger partial charge in [0.15, 0.2) is 0 Å². The van der Waals surface area contributed by atoms with Crippen LogP contribution in [-0.2, 0) is 17.8 Å². The van der Waals surface area contributed by atoms with E-state index in [0.29, 0.717) is 5.56 Å². The Balaban J connectivity index is 2.06. The number of nitrogens with zero attached hydrogens (tertiary/aromatic N) is 2. The first kappa shape index (κ1) is 18.7. The van der Waals surface area contributed by atoms with Crippen molar-refractivity contribution in [3.8, 4) is 0 Å². The van der Waals surface area contributed by atoms with Crippen LogP contribution in [0.5, 0.6) is 0 Å². The molecular formula is C21H26N2O2. The van der Waals surface area contributed by atoms with E-state index in [0.717, 1.165) is 29.8 Å². The first-order valence-corrected chi connectivity index (χ1v) is 8.63. The molecule has 2 aromatic carbocycles. The van der Waals surface area contributed by atoms with E-state index in [1.165, 1.54) is 5.56 Å². The minimum absolute atomic E-state index is 0.280. The summed E-state index contributed by atoms with van der Waals surface area (Å²) in [6, 6.07) is 13.5. The SMILES string of the molecule is CCc1cc(C(=O)OCc2ccc(C)cc2)ccc1N=CN(C)CC. The number of esters is 1. The Morgan fingerprint density at radius 3 is 2.52 bits per heavy atom. The molecule has 0 saturated heterocycles. The quantitative estimate of drug-likeness (QED) is 0.423. The number of rotatable bonds is 7. The molecule has 0 radical (unpaired) electrons. The van der Waals surface area contributed by atoms with Crippen molar-refractivity contribution in [1.82, 2.24) is 4.90 Å². The summed E-state index contributed by atoms with van der Waals surface area (Å²) in [5.74, 6) is -0.309. The summed E-state index contributed by atoms with van der Waals surface area (Å²) in [6.45, 7) is 7.33. The smallest absolute Gasteiger partial charge is 0.338 e. The Labute approximate surface area is 150 Å². The highest BCUT2D eigenvalue weighted by Gasteiger charge is 2.10. The maximum atomic E-state index is 12.3. The third kappa shape index (κ3) is 5.45. The lowest BCUT2D eigenvalue weighted by Gasteiger charge is -2.11. The van der Waals surface area contributed by atoms with Crippen molar-refractivity contribution in [2.45, 2.75) is 33.8 Å². The van der Waals surface area contributed by atoms with Gasteiger partial charge in [-0.3, -0.25) is 0 Å². The van der Waals surface area contributed by atoms with Crippen LogP contribution in [0.2, 0.25) is 0 Å². The molecule has 4 heteroatoms. The molecule has 0 aliphatic rings. The lowest BCUT2D eigenvalue weighted by atomic mass is 10.1. The monoisotopic (exact) mass is 338 g/mol. The van der Waals surface area contributed by atoms with Crippen molar-refractivity contribution in [2.24, 2.45) is 4.99 Å². The normalized spacial score (nSPS) is 10.9. The summed E-state index contributed by atoms with van der Waals surface area (Å²) >= 11 is 0. The number of benzene rings is 2. The fourth-order valence-corrected chi connectivity index (χ4v) is 2.28. The highest BCUT2D eigenvalue weighted by molar-refractivity contribution is 5.90. The average molecular weight is 338 g/mol. The molecule has 0 N–H and O–H groups in total. The van der Waals surface area contributed by atoms with Crippen LogP contribution in [0.4, 0.5) is 5.69 Å². The van der Waals surface area contributed by atoms with Gasteiger partial charge in [0, 0.05) is 13.6 Å². The summed E-state index contributed by atoms with van der Waals surface area (Å²) in [7, 11) is 1.98. The van der Waals surface area contributed by atoms with Gasteiger partial charge in [0.2, 0.25) is 0 Å². The van der Waals surface area contributed by atoms with E-state index >= 15 is 0 Å². The Morgan fingerprint density at radius 1 is 1.16 bits per heavy atom. The van der Waals surface area contributed by atoms with Crippen LogP contribution in [0.3, 0.4) is 0 Å². The van der Waals surface area contributed by atoms with Crippen molar-refractivity contribution in [1.29, 1.82) is 0 Å². The first-order chi connectivity index (χ1) is 12.0. The Kier molecular flexibility index (Phi) is 6.75. The van der Waals surface area contributed by atoms with Gasteiger partial charge in [-0.1, -0.05) is 36.8 Å². The van der Waals surface area contributed by atoms with Crippen LogP contribution < -0.4 is 0 Å². The van der Waals surface area contributed by atoms with E-state index in [1.807, 2.05) is 61.6 Å².